The van der Waals surface area contributed by atoms with Crippen molar-refractivity contribution < 1.29 is 4.74 Å². The van der Waals surface area contributed by atoms with Crippen molar-refractivity contribution in [1.29, 1.82) is 0 Å². The zero-order valence-electron chi connectivity index (χ0n) is 26.6. The van der Waals surface area contributed by atoms with E-state index in [0.717, 1.165) is 29.5 Å². The topological polar surface area (TPSA) is 9.23 Å². The van der Waals surface area contributed by atoms with Gasteiger partial charge in [0.25, 0.3) is 0 Å². The normalized spacial score (nSPS) is 11.7. The smallest absolute Gasteiger partial charge is 0.143 e. The van der Waals surface area contributed by atoms with E-state index >= 15 is 0 Å². The molecule has 0 saturated heterocycles. The Bertz CT molecular complexity index is 1380. The molecule has 0 aliphatic carbocycles. The first-order chi connectivity index (χ1) is 22.8. The summed E-state index contributed by atoms with van der Waals surface area (Å²) in [5.41, 5.74) is 2.84. The van der Waals surface area contributed by atoms with E-state index in [9.17, 15) is 0 Å². The molecule has 6 aromatic rings. The Morgan fingerprint density at radius 1 is 0.348 bits per heavy atom. The van der Waals surface area contributed by atoms with Crippen LogP contribution in [0.25, 0.3) is 0 Å². The lowest BCUT2D eigenvalue weighted by Gasteiger charge is -2.36. The highest BCUT2D eigenvalue weighted by atomic mass is 31.2. The van der Waals surface area contributed by atoms with Gasteiger partial charge in [-0.15, -0.1) is 0 Å². The molecule has 46 heavy (non-hydrogen) atoms. The first-order valence-electron chi connectivity index (χ1n) is 16.7. The maximum absolute atomic E-state index is 7.03. The Morgan fingerprint density at radius 3 is 1.02 bits per heavy atom. The van der Waals surface area contributed by atoms with Crippen LogP contribution in [0.4, 0.5) is 0 Å². The van der Waals surface area contributed by atoms with E-state index < -0.39 is 12.9 Å². The fourth-order valence-corrected chi connectivity index (χ4v) is 11.3. The molecule has 0 heterocycles. The highest BCUT2D eigenvalue weighted by Gasteiger charge is 2.44. The fraction of sp³-hybridized carbons (Fsp3) is 0.182. The van der Waals surface area contributed by atoms with Crippen LogP contribution in [-0.4, -0.2) is 12.8 Å². The van der Waals surface area contributed by atoms with Crippen LogP contribution >= 0.6 is 7.26 Å². The molecule has 230 valence electrons. The van der Waals surface area contributed by atoms with Crippen LogP contribution in [0, 0.1) is 0 Å². The Kier molecular flexibility index (Phi) is 10.9. The minimum absolute atomic E-state index is 0.644. The van der Waals surface area contributed by atoms with Crippen LogP contribution in [0.5, 0.6) is 0 Å². The molecular formula is C44H44OP+. The number of hydrogen-bond acceptors (Lipinski definition) is 1. The van der Waals surface area contributed by atoms with Gasteiger partial charge in [-0.25, -0.2) is 0 Å². The van der Waals surface area contributed by atoms with E-state index in [1.807, 2.05) is 0 Å². The summed E-state index contributed by atoms with van der Waals surface area (Å²) in [6.45, 7) is 0.702. The van der Waals surface area contributed by atoms with Crippen molar-refractivity contribution in [2.24, 2.45) is 0 Å². The van der Waals surface area contributed by atoms with Crippen LogP contribution in [0.15, 0.2) is 182 Å². The third-order valence-electron chi connectivity index (χ3n) is 9.09. The zero-order valence-corrected chi connectivity index (χ0v) is 27.5. The Hall–Kier alpha value is -4.29. The Labute approximate surface area is 276 Å². The van der Waals surface area contributed by atoms with E-state index in [1.165, 1.54) is 41.3 Å². The quantitative estimate of drug-likeness (QED) is 0.0632. The minimum atomic E-state index is -1.76. The van der Waals surface area contributed by atoms with Gasteiger partial charge in [0.2, 0.25) is 0 Å². The van der Waals surface area contributed by atoms with Crippen molar-refractivity contribution in [1.82, 2.24) is 0 Å². The monoisotopic (exact) mass is 619 g/mol. The van der Waals surface area contributed by atoms with Gasteiger partial charge < -0.3 is 4.74 Å². The molecule has 6 aromatic carbocycles. The summed E-state index contributed by atoms with van der Waals surface area (Å²) >= 11 is 0. The summed E-state index contributed by atoms with van der Waals surface area (Å²) in [7, 11) is -1.76. The maximum Gasteiger partial charge on any atom is 0.143 e. The molecule has 0 bridgehead atoms. The molecule has 0 unspecified atom stereocenters. The van der Waals surface area contributed by atoms with Gasteiger partial charge in [0.15, 0.2) is 0 Å². The van der Waals surface area contributed by atoms with E-state index in [-0.39, 0.29) is 0 Å². The second kappa shape index (κ2) is 15.8. The van der Waals surface area contributed by atoms with Gasteiger partial charge in [-0.3, -0.25) is 0 Å². The first kappa shape index (κ1) is 31.7. The lowest BCUT2D eigenvalue weighted by atomic mass is 9.80. The number of rotatable bonds is 15. The summed E-state index contributed by atoms with van der Waals surface area (Å²) in [5, 5.41) is 4.42. The highest BCUT2D eigenvalue weighted by molar-refractivity contribution is 7.95. The fourth-order valence-electron chi connectivity index (χ4n) is 6.86. The average Bonchev–Trinajstić information content (AvgIpc) is 3.15. The van der Waals surface area contributed by atoms with Gasteiger partial charge in [-0.2, -0.15) is 0 Å². The van der Waals surface area contributed by atoms with Crippen LogP contribution in [0.1, 0.15) is 48.8 Å². The number of hydrogen-bond donors (Lipinski definition) is 0. The average molecular weight is 620 g/mol. The predicted octanol–water partition coefficient (Wildman–Crippen LogP) is 9.94. The number of unbranched alkanes of at least 4 members (excludes halogenated alkanes) is 4. The molecular weight excluding hydrogens is 575 g/mol. The predicted molar refractivity (Wildman–Crippen MR) is 198 cm³/mol. The summed E-state index contributed by atoms with van der Waals surface area (Å²) < 4.78 is 7.03. The van der Waals surface area contributed by atoms with Crippen molar-refractivity contribution in [3.05, 3.63) is 199 Å². The van der Waals surface area contributed by atoms with Gasteiger partial charge in [0, 0.05) is 6.61 Å². The molecule has 2 heteroatoms. The molecule has 0 N–H and O–H groups in total. The highest BCUT2D eigenvalue weighted by Crippen LogP contribution is 2.56. The molecule has 0 aromatic heterocycles. The summed E-state index contributed by atoms with van der Waals surface area (Å²) in [6.07, 6.45) is 6.99. The molecule has 0 amide bonds. The van der Waals surface area contributed by atoms with Crippen molar-refractivity contribution in [3.63, 3.8) is 0 Å². The van der Waals surface area contributed by atoms with Gasteiger partial charge >= 0.3 is 0 Å². The van der Waals surface area contributed by atoms with Gasteiger partial charge in [0.05, 0.1) is 6.16 Å². The van der Waals surface area contributed by atoms with Crippen molar-refractivity contribution in [2.75, 3.05) is 12.8 Å². The molecule has 0 spiro atoms. The molecule has 0 radical (unpaired) electrons. The van der Waals surface area contributed by atoms with E-state index in [2.05, 4.69) is 182 Å². The molecule has 0 saturated carbocycles. The number of ether oxygens (including phenoxy) is 1. The largest absolute Gasteiger partial charge is 0.361 e. The van der Waals surface area contributed by atoms with Crippen LogP contribution in [0.2, 0.25) is 0 Å². The SMILES string of the molecule is c1ccc(C(OCCCCCCC[P+](c2ccccc2)(c2ccccc2)c2ccccc2)(c2ccccc2)c2ccccc2)cc1. The Balaban J connectivity index is 1.14. The third-order valence-corrected chi connectivity index (χ3v) is 13.6. The summed E-state index contributed by atoms with van der Waals surface area (Å²) in [5.74, 6) is 0. The molecule has 0 aliphatic rings. The van der Waals surface area contributed by atoms with E-state index in [1.54, 1.807) is 0 Å². The van der Waals surface area contributed by atoms with Gasteiger partial charge in [-0.1, -0.05) is 158 Å². The first-order valence-corrected chi connectivity index (χ1v) is 18.7. The zero-order chi connectivity index (χ0) is 31.3. The van der Waals surface area contributed by atoms with Crippen molar-refractivity contribution in [3.8, 4) is 0 Å². The standard InChI is InChI=1S/C44H44OP/c1(3-23-37-46(41-30-16-7-17-31-41,42-32-18-8-19-33-42)43-34-20-9-21-35-43)2-22-36-45-44(38-24-10-4-11-25-38,39-26-12-5-13-27-39)40-28-14-6-15-29-40/h4-21,24-35H,1-3,22-23,36-37H2/q+1. The van der Waals surface area contributed by atoms with Gasteiger partial charge in [0.1, 0.15) is 28.8 Å². The second-order valence-corrected chi connectivity index (χ2v) is 15.6. The number of benzene rings is 6. The van der Waals surface area contributed by atoms with Crippen LogP contribution in [0.3, 0.4) is 0 Å². The van der Waals surface area contributed by atoms with Crippen molar-refractivity contribution in [2.45, 2.75) is 37.7 Å². The molecule has 0 fully saturated rings. The summed E-state index contributed by atoms with van der Waals surface area (Å²) in [6, 6.07) is 65.8. The molecule has 1 nitrogen and oxygen atoms in total. The van der Waals surface area contributed by atoms with Crippen LogP contribution in [-0.2, 0) is 10.3 Å². The van der Waals surface area contributed by atoms with E-state index in [4.69, 9.17) is 4.74 Å². The van der Waals surface area contributed by atoms with Crippen LogP contribution < -0.4 is 15.9 Å². The molecule has 0 aliphatic heterocycles. The minimum Gasteiger partial charge on any atom is -0.361 e. The van der Waals surface area contributed by atoms with E-state index in [0.29, 0.717) is 6.61 Å². The lowest BCUT2D eigenvalue weighted by Crippen LogP contribution is -2.33. The maximum atomic E-state index is 7.03. The molecule has 6 rings (SSSR count). The summed E-state index contributed by atoms with van der Waals surface area (Å²) in [4.78, 5) is 0. The van der Waals surface area contributed by atoms with Crippen molar-refractivity contribution >= 4 is 23.2 Å². The third kappa shape index (κ3) is 6.92. The second-order valence-electron chi connectivity index (χ2n) is 11.9. The van der Waals surface area contributed by atoms with Gasteiger partial charge in [-0.05, 0) is 72.4 Å². The lowest BCUT2D eigenvalue weighted by molar-refractivity contribution is 0.0106. The molecule has 0 atom stereocenters. The Morgan fingerprint density at radius 2 is 0.652 bits per heavy atom.